The first kappa shape index (κ1) is 17.8. The second kappa shape index (κ2) is 7.51. The molecule has 0 unspecified atom stereocenters. The molecule has 8 heteroatoms. The summed E-state index contributed by atoms with van der Waals surface area (Å²) in [7, 11) is 0. The van der Waals surface area contributed by atoms with Crippen LogP contribution in [0.15, 0.2) is 65.3 Å². The summed E-state index contributed by atoms with van der Waals surface area (Å²) in [5, 5.41) is 11.5. The lowest BCUT2D eigenvalue weighted by molar-refractivity contribution is -0.384. The summed E-state index contributed by atoms with van der Waals surface area (Å²) in [5.41, 5.74) is 1.24. The van der Waals surface area contributed by atoms with Crippen LogP contribution in [0, 0.1) is 10.1 Å². The summed E-state index contributed by atoms with van der Waals surface area (Å²) in [4.78, 5) is 26.3. The highest BCUT2D eigenvalue weighted by molar-refractivity contribution is 6.42. The molecule has 130 valence electrons. The van der Waals surface area contributed by atoms with Crippen LogP contribution in [-0.4, -0.2) is 16.8 Å². The average Bonchev–Trinajstić information content (AvgIpc) is 2.98. The smallest absolute Gasteiger partial charge is 0.363 e. The second-order valence-corrected chi connectivity index (χ2v) is 6.01. The van der Waals surface area contributed by atoms with Crippen LogP contribution >= 0.6 is 23.2 Å². The van der Waals surface area contributed by atoms with Gasteiger partial charge in [-0.05, 0) is 29.8 Å². The number of hydrogen-bond donors (Lipinski definition) is 0. The van der Waals surface area contributed by atoms with Gasteiger partial charge in [0.2, 0.25) is 5.90 Å². The molecule has 0 fully saturated rings. The summed E-state index contributed by atoms with van der Waals surface area (Å²) in [6, 6.07) is 10.9. The summed E-state index contributed by atoms with van der Waals surface area (Å²) in [6.07, 6.45) is 4.66. The fraction of sp³-hybridized carbons (Fsp3) is 0. The van der Waals surface area contributed by atoms with E-state index in [-0.39, 0.29) is 17.3 Å². The van der Waals surface area contributed by atoms with E-state index in [4.69, 9.17) is 27.9 Å². The van der Waals surface area contributed by atoms with Gasteiger partial charge in [-0.2, -0.15) is 0 Å². The number of benzene rings is 2. The largest absolute Gasteiger partial charge is 0.402 e. The minimum absolute atomic E-state index is 0.0139. The van der Waals surface area contributed by atoms with Crippen LogP contribution in [0.2, 0.25) is 10.0 Å². The summed E-state index contributed by atoms with van der Waals surface area (Å²) in [5.74, 6) is -0.474. The van der Waals surface area contributed by atoms with E-state index in [0.29, 0.717) is 21.2 Å². The van der Waals surface area contributed by atoms with E-state index < -0.39 is 10.9 Å². The van der Waals surface area contributed by atoms with Gasteiger partial charge in [-0.25, -0.2) is 9.79 Å². The lowest BCUT2D eigenvalue weighted by atomic mass is 10.2. The van der Waals surface area contributed by atoms with Crippen LogP contribution < -0.4 is 0 Å². The van der Waals surface area contributed by atoms with Crippen molar-refractivity contribution in [2.24, 2.45) is 4.99 Å². The molecule has 2 aromatic rings. The highest BCUT2D eigenvalue weighted by Crippen LogP contribution is 2.25. The fourth-order valence-electron chi connectivity index (χ4n) is 2.17. The van der Waals surface area contributed by atoms with Gasteiger partial charge in [-0.15, -0.1) is 0 Å². The van der Waals surface area contributed by atoms with Crippen molar-refractivity contribution >= 4 is 46.8 Å². The van der Waals surface area contributed by atoms with E-state index in [2.05, 4.69) is 4.99 Å². The van der Waals surface area contributed by atoms with E-state index in [0.717, 1.165) is 0 Å². The zero-order valence-corrected chi connectivity index (χ0v) is 14.6. The number of halogens is 2. The first-order valence-electron chi connectivity index (χ1n) is 7.33. The van der Waals surface area contributed by atoms with Gasteiger partial charge in [0.1, 0.15) is 0 Å². The predicted molar refractivity (Wildman–Crippen MR) is 99.3 cm³/mol. The predicted octanol–water partition coefficient (Wildman–Crippen LogP) is 4.80. The maximum atomic E-state index is 11.9. The molecule has 1 aliphatic heterocycles. The number of ether oxygens (including phenoxy) is 1. The topological polar surface area (TPSA) is 81.8 Å². The molecule has 1 aliphatic rings. The molecule has 0 N–H and O–H groups in total. The average molecular weight is 389 g/mol. The molecule has 0 radical (unpaired) electrons. The minimum atomic E-state index is -0.602. The SMILES string of the molecule is O=C1OC(c2ccc(Cl)c(Cl)c2)=N/C1=C\C=C\c1cccc([N+](=O)[O-])c1. The monoisotopic (exact) mass is 388 g/mol. The second-order valence-electron chi connectivity index (χ2n) is 5.20. The van der Waals surface area contributed by atoms with Crippen molar-refractivity contribution in [2.75, 3.05) is 0 Å². The van der Waals surface area contributed by atoms with Crippen LogP contribution in [0.5, 0.6) is 0 Å². The van der Waals surface area contributed by atoms with E-state index in [1.165, 1.54) is 18.2 Å². The molecule has 0 saturated carbocycles. The van der Waals surface area contributed by atoms with Gasteiger partial charge >= 0.3 is 5.97 Å². The number of allylic oxidation sites excluding steroid dienone is 2. The Bertz CT molecular complexity index is 996. The Balaban J connectivity index is 1.81. The number of nitrogens with zero attached hydrogens (tertiary/aromatic N) is 2. The van der Waals surface area contributed by atoms with Gasteiger partial charge in [-0.1, -0.05) is 47.5 Å². The quantitative estimate of drug-likeness (QED) is 0.326. The molecule has 0 aliphatic carbocycles. The maximum absolute atomic E-state index is 11.9. The molecular weight excluding hydrogens is 379 g/mol. The number of non-ortho nitro benzene ring substituents is 1. The fourth-order valence-corrected chi connectivity index (χ4v) is 2.47. The number of esters is 1. The Hall–Kier alpha value is -2.96. The first-order chi connectivity index (χ1) is 12.4. The number of carbonyl (C=O) groups is 1. The van der Waals surface area contributed by atoms with E-state index in [1.807, 2.05) is 0 Å². The van der Waals surface area contributed by atoms with Crippen molar-refractivity contribution in [1.29, 1.82) is 0 Å². The standard InChI is InChI=1S/C18H10Cl2N2O4/c19-14-8-7-12(10-15(14)20)17-21-16(18(23)26-17)6-2-4-11-3-1-5-13(9-11)22(24)25/h1-10H/b4-2+,16-6-. The van der Waals surface area contributed by atoms with Gasteiger partial charge in [0.15, 0.2) is 5.70 Å². The Morgan fingerprint density at radius 1 is 1.12 bits per heavy atom. The van der Waals surface area contributed by atoms with Crippen molar-refractivity contribution in [1.82, 2.24) is 0 Å². The van der Waals surface area contributed by atoms with E-state index >= 15 is 0 Å². The van der Waals surface area contributed by atoms with Gasteiger partial charge in [0.05, 0.1) is 15.0 Å². The zero-order chi connectivity index (χ0) is 18.7. The highest BCUT2D eigenvalue weighted by Gasteiger charge is 2.23. The highest BCUT2D eigenvalue weighted by atomic mass is 35.5. The molecule has 26 heavy (non-hydrogen) atoms. The molecule has 0 spiro atoms. The van der Waals surface area contributed by atoms with Crippen molar-refractivity contribution in [3.63, 3.8) is 0 Å². The van der Waals surface area contributed by atoms with E-state index in [9.17, 15) is 14.9 Å². The number of aliphatic imine (C=N–C) groups is 1. The Kier molecular flexibility index (Phi) is 5.16. The molecule has 0 saturated heterocycles. The number of hydrogen-bond acceptors (Lipinski definition) is 5. The molecular formula is C18H10Cl2N2O4. The summed E-state index contributed by atoms with van der Waals surface area (Å²) < 4.78 is 5.13. The number of carbonyl (C=O) groups excluding carboxylic acids is 1. The number of cyclic esters (lactones) is 1. The maximum Gasteiger partial charge on any atom is 0.363 e. The van der Waals surface area contributed by atoms with Crippen LogP contribution in [0.3, 0.4) is 0 Å². The van der Waals surface area contributed by atoms with E-state index in [1.54, 1.807) is 42.5 Å². The molecule has 0 atom stereocenters. The third-order valence-electron chi connectivity index (χ3n) is 3.41. The number of nitro groups is 1. The van der Waals surface area contributed by atoms with Crippen LogP contribution in [-0.2, 0) is 9.53 Å². The first-order valence-corrected chi connectivity index (χ1v) is 8.09. The van der Waals surface area contributed by atoms with Crippen LogP contribution in [0.1, 0.15) is 11.1 Å². The summed E-state index contributed by atoms with van der Waals surface area (Å²) >= 11 is 11.8. The Morgan fingerprint density at radius 3 is 2.65 bits per heavy atom. The number of rotatable bonds is 4. The van der Waals surface area contributed by atoms with Crippen molar-refractivity contribution < 1.29 is 14.5 Å². The van der Waals surface area contributed by atoms with Crippen molar-refractivity contribution in [2.45, 2.75) is 0 Å². The van der Waals surface area contributed by atoms with Crippen molar-refractivity contribution in [3.8, 4) is 0 Å². The number of nitro benzene ring substituents is 1. The zero-order valence-electron chi connectivity index (χ0n) is 13.1. The van der Waals surface area contributed by atoms with Gasteiger partial charge in [-0.3, -0.25) is 10.1 Å². The third-order valence-corrected chi connectivity index (χ3v) is 4.15. The lowest BCUT2D eigenvalue weighted by Gasteiger charge is -2.01. The van der Waals surface area contributed by atoms with Gasteiger partial charge < -0.3 is 4.74 Å². The normalized spacial score (nSPS) is 15.4. The minimum Gasteiger partial charge on any atom is -0.402 e. The third kappa shape index (κ3) is 3.99. The van der Waals surface area contributed by atoms with Crippen LogP contribution in [0.25, 0.3) is 6.08 Å². The molecule has 6 nitrogen and oxygen atoms in total. The molecule has 0 aromatic heterocycles. The summed E-state index contributed by atoms with van der Waals surface area (Å²) in [6.45, 7) is 0. The van der Waals surface area contributed by atoms with Crippen LogP contribution in [0.4, 0.5) is 5.69 Å². The lowest BCUT2D eigenvalue weighted by Crippen LogP contribution is -2.05. The van der Waals surface area contributed by atoms with Gasteiger partial charge in [0, 0.05) is 17.7 Å². The Morgan fingerprint density at radius 2 is 1.92 bits per heavy atom. The molecule has 2 aromatic carbocycles. The Labute approximate surface area is 158 Å². The molecule has 3 rings (SSSR count). The molecule has 0 bridgehead atoms. The molecule has 1 heterocycles. The van der Waals surface area contributed by atoms with Crippen molar-refractivity contribution in [3.05, 3.63) is 91.6 Å². The molecule has 0 amide bonds. The van der Waals surface area contributed by atoms with Gasteiger partial charge in [0.25, 0.3) is 5.69 Å².